The van der Waals surface area contributed by atoms with Gasteiger partial charge >= 0.3 is 24.3 Å². The number of alkyl halides is 6. The number of likely N-dealkylation sites (tertiary alicyclic amines) is 1. The predicted molar refractivity (Wildman–Crippen MR) is 120 cm³/mol. The molecular weight excluding hydrogens is 555 g/mol. The first-order chi connectivity index (χ1) is 17.4. The van der Waals surface area contributed by atoms with Crippen LogP contribution in [0.25, 0.3) is 0 Å². The summed E-state index contributed by atoms with van der Waals surface area (Å²) >= 11 is 6.08. The van der Waals surface area contributed by atoms with Gasteiger partial charge in [0.05, 0.1) is 0 Å². The van der Waals surface area contributed by atoms with Gasteiger partial charge in [0.15, 0.2) is 0 Å². The summed E-state index contributed by atoms with van der Waals surface area (Å²) in [5.41, 5.74) is 0.592. The van der Waals surface area contributed by atoms with Gasteiger partial charge in [-0.3, -0.25) is 0 Å². The number of aliphatic carboxylic acids is 2. The Kier molecular flexibility index (Phi) is 12.5. The highest BCUT2D eigenvalue weighted by atomic mass is 35.5. The molecule has 1 saturated heterocycles. The summed E-state index contributed by atoms with van der Waals surface area (Å²) in [5.74, 6) is -4.80. The molecule has 0 bridgehead atoms. The van der Waals surface area contributed by atoms with Crippen LogP contribution in [-0.2, 0) is 23.1 Å². The number of aromatic nitrogens is 2. The maximum Gasteiger partial charge on any atom is 0.490 e. The first-order valence-electron chi connectivity index (χ1n) is 10.9. The minimum atomic E-state index is -5.08. The van der Waals surface area contributed by atoms with Crippen LogP contribution in [0.5, 0.6) is 0 Å². The van der Waals surface area contributed by atoms with Gasteiger partial charge in [-0.1, -0.05) is 17.7 Å². The zero-order chi connectivity index (χ0) is 29.3. The van der Waals surface area contributed by atoms with E-state index in [2.05, 4.69) is 9.88 Å². The summed E-state index contributed by atoms with van der Waals surface area (Å²) in [6.07, 6.45) is -4.68. The van der Waals surface area contributed by atoms with Crippen molar-refractivity contribution in [3.05, 3.63) is 52.8 Å². The summed E-state index contributed by atoms with van der Waals surface area (Å²) in [4.78, 5) is 24.3. The van der Waals surface area contributed by atoms with E-state index in [9.17, 15) is 35.8 Å². The molecule has 0 aliphatic carbocycles. The van der Waals surface area contributed by atoms with Crippen LogP contribution in [0.15, 0.2) is 30.6 Å². The summed E-state index contributed by atoms with van der Waals surface area (Å²) < 4.78 is 79.2. The second-order valence-electron chi connectivity index (χ2n) is 8.08. The van der Waals surface area contributed by atoms with Crippen molar-refractivity contribution in [1.82, 2.24) is 14.5 Å². The number of hydrogen-bond acceptors (Lipinski definition) is 5. The Morgan fingerprint density at radius 3 is 1.97 bits per heavy atom. The summed E-state index contributed by atoms with van der Waals surface area (Å²) in [6.45, 7) is 2.59. The van der Waals surface area contributed by atoms with Gasteiger partial charge in [0.1, 0.15) is 17.7 Å². The Hall–Kier alpha value is -2.91. The molecule has 1 aliphatic heterocycles. The van der Waals surface area contributed by atoms with Gasteiger partial charge in [0.25, 0.3) is 0 Å². The topological polar surface area (TPSA) is 116 Å². The van der Waals surface area contributed by atoms with E-state index >= 15 is 0 Å². The number of hydrogen-bond donors (Lipinski definition) is 3. The zero-order valence-corrected chi connectivity index (χ0v) is 20.6. The molecule has 1 aliphatic rings. The number of aliphatic hydroxyl groups is 1. The minimum absolute atomic E-state index is 0.222. The highest BCUT2D eigenvalue weighted by molar-refractivity contribution is 6.31. The molecule has 3 rings (SSSR count). The fourth-order valence-corrected chi connectivity index (χ4v) is 3.66. The molecule has 3 N–H and O–H groups in total. The van der Waals surface area contributed by atoms with Crippen LogP contribution in [-0.4, -0.2) is 73.7 Å². The number of benzene rings is 1. The average molecular weight is 580 g/mol. The van der Waals surface area contributed by atoms with E-state index in [0.717, 1.165) is 38.3 Å². The molecule has 2 aromatic rings. The number of halogens is 8. The number of carbonyl (C=O) groups is 2. The van der Waals surface area contributed by atoms with Crippen LogP contribution in [0.2, 0.25) is 5.02 Å². The number of carboxylic acid groups (broad SMARTS) is 2. The van der Waals surface area contributed by atoms with Gasteiger partial charge < -0.3 is 24.8 Å². The SMILES string of the molecule is Cn1ccnc1C(O)C1CCN(CCc2c(F)cccc2Cl)CC1.O=C(O)C(F)(F)F.O=C(O)C(F)(F)F. The van der Waals surface area contributed by atoms with E-state index in [1.165, 1.54) is 6.07 Å². The normalized spacial score (nSPS) is 15.5. The quantitative estimate of drug-likeness (QED) is 0.448. The largest absolute Gasteiger partial charge is 0.490 e. The summed E-state index contributed by atoms with van der Waals surface area (Å²) in [7, 11) is 1.90. The van der Waals surface area contributed by atoms with Crippen LogP contribution >= 0.6 is 11.6 Å². The van der Waals surface area contributed by atoms with Crippen LogP contribution in [0.4, 0.5) is 30.7 Å². The third-order valence-corrected chi connectivity index (χ3v) is 5.78. The van der Waals surface area contributed by atoms with E-state index in [-0.39, 0.29) is 11.7 Å². The van der Waals surface area contributed by atoms with Crippen molar-refractivity contribution in [3.63, 3.8) is 0 Å². The highest BCUT2D eigenvalue weighted by Gasteiger charge is 2.39. The smallest absolute Gasteiger partial charge is 0.475 e. The third kappa shape index (κ3) is 10.8. The van der Waals surface area contributed by atoms with Crippen LogP contribution in [0.1, 0.15) is 30.3 Å². The van der Waals surface area contributed by atoms with E-state index in [4.69, 9.17) is 31.4 Å². The van der Waals surface area contributed by atoms with Gasteiger partial charge in [-0.05, 0) is 50.4 Å². The van der Waals surface area contributed by atoms with E-state index in [0.29, 0.717) is 17.0 Å². The summed E-state index contributed by atoms with van der Waals surface area (Å²) in [5, 5.41) is 25.3. The van der Waals surface area contributed by atoms with Gasteiger partial charge in [-0.25, -0.2) is 19.0 Å². The average Bonchev–Trinajstić information content (AvgIpc) is 3.24. The lowest BCUT2D eigenvalue weighted by molar-refractivity contribution is -0.193. The van der Waals surface area contributed by atoms with E-state index in [1.54, 1.807) is 18.3 Å². The number of nitrogens with zero attached hydrogens (tertiary/aromatic N) is 3. The maximum absolute atomic E-state index is 13.8. The van der Waals surface area contributed by atoms with Crippen molar-refractivity contribution in [2.24, 2.45) is 13.0 Å². The minimum Gasteiger partial charge on any atom is -0.475 e. The van der Waals surface area contributed by atoms with Crippen LogP contribution in [0.3, 0.4) is 0 Å². The molecule has 38 heavy (non-hydrogen) atoms. The molecule has 0 spiro atoms. The second-order valence-corrected chi connectivity index (χ2v) is 8.48. The van der Waals surface area contributed by atoms with Gasteiger partial charge in [0, 0.05) is 36.6 Å². The van der Waals surface area contributed by atoms with Crippen molar-refractivity contribution in [2.75, 3.05) is 19.6 Å². The molecule has 0 amide bonds. The molecule has 214 valence electrons. The van der Waals surface area contributed by atoms with Gasteiger partial charge in [0.2, 0.25) is 0 Å². The first-order valence-corrected chi connectivity index (χ1v) is 11.2. The first kappa shape index (κ1) is 33.1. The number of piperidine rings is 1. The van der Waals surface area contributed by atoms with Crippen molar-refractivity contribution >= 4 is 23.5 Å². The monoisotopic (exact) mass is 579 g/mol. The van der Waals surface area contributed by atoms with E-state index < -0.39 is 30.4 Å². The van der Waals surface area contributed by atoms with Crippen LogP contribution < -0.4 is 0 Å². The number of rotatable bonds is 5. The van der Waals surface area contributed by atoms with Crippen molar-refractivity contribution < 1.29 is 55.6 Å². The van der Waals surface area contributed by atoms with Crippen molar-refractivity contribution in [3.8, 4) is 0 Å². The third-order valence-electron chi connectivity index (χ3n) is 5.43. The lowest BCUT2D eigenvalue weighted by atomic mass is 9.90. The molecular formula is C22H25ClF7N3O5. The van der Waals surface area contributed by atoms with E-state index in [1.807, 2.05) is 17.8 Å². The number of carboxylic acids is 2. The van der Waals surface area contributed by atoms with Crippen molar-refractivity contribution in [1.29, 1.82) is 0 Å². The van der Waals surface area contributed by atoms with Gasteiger partial charge in [-0.15, -0.1) is 0 Å². The molecule has 16 heteroatoms. The molecule has 1 fully saturated rings. The van der Waals surface area contributed by atoms with Crippen molar-refractivity contribution in [2.45, 2.75) is 37.7 Å². The Morgan fingerprint density at radius 1 is 1.08 bits per heavy atom. The Balaban J connectivity index is 0.000000426. The number of aliphatic hydroxyl groups excluding tert-OH is 1. The standard InChI is InChI=1S/C18H23ClFN3O.2C2HF3O2/c1-22-12-8-21-18(22)17(24)13-5-9-23(10-6-13)11-7-14-15(19)3-2-4-16(14)20;2*3-2(4,5)1(6)7/h2-4,8,12-13,17,24H,5-7,9-11H2,1H3;2*(H,6,7). The Labute approximate surface area is 217 Å². The fourth-order valence-electron chi connectivity index (χ4n) is 3.41. The molecule has 8 nitrogen and oxygen atoms in total. The highest BCUT2D eigenvalue weighted by Crippen LogP contribution is 2.30. The molecule has 1 aromatic heterocycles. The molecule has 0 radical (unpaired) electrons. The molecule has 1 aromatic carbocycles. The number of aryl methyl sites for hydroxylation is 1. The molecule has 2 heterocycles. The molecule has 1 unspecified atom stereocenters. The zero-order valence-electron chi connectivity index (χ0n) is 19.8. The maximum atomic E-state index is 13.8. The second kappa shape index (κ2) is 14.3. The number of imidazole rings is 1. The summed E-state index contributed by atoms with van der Waals surface area (Å²) in [6, 6.07) is 4.82. The fraction of sp³-hybridized carbons (Fsp3) is 0.500. The molecule has 0 saturated carbocycles. The van der Waals surface area contributed by atoms with Crippen LogP contribution in [0, 0.1) is 11.7 Å². The lowest BCUT2D eigenvalue weighted by Gasteiger charge is -2.34. The molecule has 1 atom stereocenters. The Bertz CT molecular complexity index is 1010. The lowest BCUT2D eigenvalue weighted by Crippen LogP contribution is -2.37. The Morgan fingerprint density at radius 2 is 1.58 bits per heavy atom. The predicted octanol–water partition coefficient (Wildman–Crippen LogP) is 4.47. The van der Waals surface area contributed by atoms with Gasteiger partial charge in [-0.2, -0.15) is 26.3 Å².